The summed E-state index contributed by atoms with van der Waals surface area (Å²) in [6.07, 6.45) is 0.399. The van der Waals surface area contributed by atoms with Crippen LogP contribution in [0.2, 0.25) is 0 Å². The van der Waals surface area contributed by atoms with Crippen molar-refractivity contribution >= 4 is 11.9 Å². The number of ether oxygens (including phenoxy) is 1. The maximum Gasteiger partial charge on any atom is 0.335 e. The summed E-state index contributed by atoms with van der Waals surface area (Å²) >= 11 is 0. The molecule has 0 radical (unpaired) electrons. The van der Waals surface area contributed by atoms with Crippen molar-refractivity contribution in [2.75, 3.05) is 7.11 Å². The number of aryl methyl sites for hydroxylation is 2. The van der Waals surface area contributed by atoms with Crippen molar-refractivity contribution in [3.05, 3.63) is 58.7 Å². The molecule has 28 heavy (non-hydrogen) atoms. The van der Waals surface area contributed by atoms with Crippen LogP contribution in [0, 0.1) is 19.8 Å². The number of esters is 1. The largest absolute Gasteiger partial charge is 0.480 e. The Bertz CT molecular complexity index is 881. The van der Waals surface area contributed by atoms with E-state index < -0.39 is 23.5 Å². The fourth-order valence-corrected chi connectivity index (χ4v) is 4.09. The Labute approximate surface area is 165 Å². The number of hydrogen-bond donors (Lipinski definition) is 2. The Kier molecular flexibility index (Phi) is 5.31. The summed E-state index contributed by atoms with van der Waals surface area (Å²) in [5.41, 5.74) is 3.97. The number of nitrogens with one attached hydrogen (secondary N) is 1. The Morgan fingerprint density at radius 2 is 1.54 bits per heavy atom. The van der Waals surface area contributed by atoms with Gasteiger partial charge in [0.2, 0.25) is 0 Å². The first-order chi connectivity index (χ1) is 13.2. The van der Waals surface area contributed by atoms with Crippen molar-refractivity contribution in [3.8, 4) is 11.1 Å². The first-order valence-electron chi connectivity index (χ1n) is 9.52. The van der Waals surface area contributed by atoms with Crippen molar-refractivity contribution < 1.29 is 19.4 Å². The number of benzene rings is 2. The first kappa shape index (κ1) is 20.1. The SMILES string of the molecule is COC(=O)C1(N[C@@H](CC(C)C)C(=O)O)c2cc(C)ccc2-c2ccc(C)cc21. The standard InChI is InChI=1S/C23H27NO4/c1-13(2)10-20(21(25)26)24-23(22(27)28-5)18-11-14(3)6-8-16(18)17-9-7-15(4)12-19(17)23/h6-9,11-13,20,24H,10H2,1-5H3,(H,25,26)/t20-/m0/s1. The molecule has 5 heteroatoms. The molecule has 1 aliphatic carbocycles. The van der Waals surface area contributed by atoms with E-state index in [0.29, 0.717) is 6.42 Å². The predicted octanol–water partition coefficient (Wildman–Crippen LogP) is 3.79. The second kappa shape index (κ2) is 7.40. The molecule has 0 spiro atoms. The Hall–Kier alpha value is -2.66. The highest BCUT2D eigenvalue weighted by Crippen LogP contribution is 2.49. The van der Waals surface area contributed by atoms with Gasteiger partial charge in [0.05, 0.1) is 7.11 Å². The highest BCUT2D eigenvalue weighted by molar-refractivity contribution is 5.98. The molecule has 5 nitrogen and oxygen atoms in total. The van der Waals surface area contributed by atoms with Crippen molar-refractivity contribution in [3.63, 3.8) is 0 Å². The van der Waals surface area contributed by atoms with Gasteiger partial charge in [0.15, 0.2) is 5.54 Å². The molecule has 3 rings (SSSR count). The summed E-state index contributed by atoms with van der Waals surface area (Å²) in [5, 5.41) is 13.0. The maximum atomic E-state index is 13.3. The third kappa shape index (κ3) is 3.20. The van der Waals surface area contributed by atoms with E-state index in [1.807, 2.05) is 64.1 Å². The highest BCUT2D eigenvalue weighted by Gasteiger charge is 2.52. The van der Waals surface area contributed by atoms with E-state index in [0.717, 1.165) is 33.4 Å². The summed E-state index contributed by atoms with van der Waals surface area (Å²) < 4.78 is 5.22. The zero-order chi connectivity index (χ0) is 20.6. The van der Waals surface area contributed by atoms with Crippen LogP contribution in [-0.2, 0) is 19.9 Å². The van der Waals surface area contributed by atoms with Gasteiger partial charge in [0.25, 0.3) is 0 Å². The fourth-order valence-electron chi connectivity index (χ4n) is 4.09. The molecule has 0 aromatic heterocycles. The van der Waals surface area contributed by atoms with Gasteiger partial charge in [0, 0.05) is 0 Å². The van der Waals surface area contributed by atoms with E-state index in [1.54, 1.807) is 0 Å². The van der Waals surface area contributed by atoms with Crippen LogP contribution in [0.5, 0.6) is 0 Å². The van der Waals surface area contributed by atoms with Crippen LogP contribution >= 0.6 is 0 Å². The van der Waals surface area contributed by atoms with Gasteiger partial charge in [-0.25, -0.2) is 4.79 Å². The molecule has 0 aliphatic heterocycles. The third-order valence-corrected chi connectivity index (χ3v) is 5.34. The summed E-state index contributed by atoms with van der Waals surface area (Å²) in [6, 6.07) is 11.0. The number of aliphatic carboxylic acids is 1. The average Bonchev–Trinajstić information content (AvgIpc) is 2.89. The van der Waals surface area contributed by atoms with Crippen molar-refractivity contribution in [2.24, 2.45) is 5.92 Å². The van der Waals surface area contributed by atoms with Crippen LogP contribution in [0.3, 0.4) is 0 Å². The van der Waals surface area contributed by atoms with Crippen molar-refractivity contribution in [1.82, 2.24) is 5.32 Å². The zero-order valence-corrected chi connectivity index (χ0v) is 17.0. The van der Waals surface area contributed by atoms with Gasteiger partial charge in [-0.05, 0) is 48.4 Å². The van der Waals surface area contributed by atoms with Crippen LogP contribution in [0.25, 0.3) is 11.1 Å². The van der Waals surface area contributed by atoms with Crippen LogP contribution in [0.1, 0.15) is 42.5 Å². The number of carbonyl (C=O) groups is 2. The Morgan fingerprint density at radius 1 is 1.04 bits per heavy atom. The van der Waals surface area contributed by atoms with Crippen LogP contribution < -0.4 is 5.32 Å². The van der Waals surface area contributed by atoms with E-state index >= 15 is 0 Å². The topological polar surface area (TPSA) is 75.6 Å². The van der Waals surface area contributed by atoms with Gasteiger partial charge < -0.3 is 9.84 Å². The molecule has 2 aromatic carbocycles. The molecule has 0 fully saturated rings. The summed E-state index contributed by atoms with van der Waals surface area (Å²) in [4.78, 5) is 25.3. The lowest BCUT2D eigenvalue weighted by molar-refractivity contribution is -0.149. The third-order valence-electron chi connectivity index (χ3n) is 5.34. The molecule has 2 N–H and O–H groups in total. The molecule has 0 saturated carbocycles. The van der Waals surface area contributed by atoms with E-state index in [2.05, 4.69) is 5.32 Å². The van der Waals surface area contributed by atoms with Gasteiger partial charge in [-0.3, -0.25) is 10.1 Å². The van der Waals surface area contributed by atoms with E-state index in [9.17, 15) is 14.7 Å². The molecule has 0 amide bonds. The number of fused-ring (bicyclic) bond motifs is 3. The molecule has 1 aliphatic rings. The number of methoxy groups -OCH3 is 1. The molecular formula is C23H27NO4. The van der Waals surface area contributed by atoms with Crippen molar-refractivity contribution in [2.45, 2.75) is 45.7 Å². The van der Waals surface area contributed by atoms with E-state index in [-0.39, 0.29) is 5.92 Å². The minimum Gasteiger partial charge on any atom is -0.480 e. The second-order valence-corrected chi connectivity index (χ2v) is 8.00. The fraction of sp³-hybridized carbons (Fsp3) is 0.391. The number of carboxylic acids is 1. The quantitative estimate of drug-likeness (QED) is 0.745. The lowest BCUT2D eigenvalue weighted by Crippen LogP contribution is -2.56. The van der Waals surface area contributed by atoms with Crippen LogP contribution in [-0.4, -0.2) is 30.2 Å². The summed E-state index contributed by atoms with van der Waals surface area (Å²) in [5.74, 6) is -1.33. The molecule has 1 atom stereocenters. The smallest absolute Gasteiger partial charge is 0.335 e. The van der Waals surface area contributed by atoms with Gasteiger partial charge in [-0.15, -0.1) is 0 Å². The Morgan fingerprint density at radius 3 is 1.93 bits per heavy atom. The molecular weight excluding hydrogens is 354 g/mol. The van der Waals surface area contributed by atoms with Gasteiger partial charge >= 0.3 is 11.9 Å². The zero-order valence-electron chi connectivity index (χ0n) is 17.0. The average molecular weight is 381 g/mol. The minimum absolute atomic E-state index is 0.152. The van der Waals surface area contributed by atoms with Crippen LogP contribution in [0.15, 0.2) is 36.4 Å². The number of carbonyl (C=O) groups excluding carboxylic acids is 1. The Balaban J connectivity index is 2.30. The number of hydrogen-bond acceptors (Lipinski definition) is 4. The molecule has 0 unspecified atom stereocenters. The lowest BCUT2D eigenvalue weighted by atomic mass is 9.84. The minimum atomic E-state index is -1.35. The molecule has 0 heterocycles. The number of carboxylic acid groups (broad SMARTS) is 1. The van der Waals surface area contributed by atoms with E-state index in [1.165, 1.54) is 7.11 Å². The molecule has 2 aromatic rings. The lowest BCUT2D eigenvalue weighted by Gasteiger charge is -2.34. The molecule has 0 saturated heterocycles. The molecule has 0 bridgehead atoms. The first-order valence-corrected chi connectivity index (χ1v) is 9.52. The van der Waals surface area contributed by atoms with Gasteiger partial charge in [-0.1, -0.05) is 61.4 Å². The monoisotopic (exact) mass is 381 g/mol. The van der Waals surface area contributed by atoms with Gasteiger partial charge in [-0.2, -0.15) is 0 Å². The predicted molar refractivity (Wildman–Crippen MR) is 108 cm³/mol. The van der Waals surface area contributed by atoms with Gasteiger partial charge in [0.1, 0.15) is 6.04 Å². The summed E-state index contributed by atoms with van der Waals surface area (Å²) in [7, 11) is 1.34. The van der Waals surface area contributed by atoms with Crippen LogP contribution in [0.4, 0.5) is 0 Å². The van der Waals surface area contributed by atoms with E-state index in [4.69, 9.17) is 4.74 Å². The summed E-state index contributed by atoms with van der Waals surface area (Å²) in [6.45, 7) is 7.85. The number of rotatable bonds is 6. The van der Waals surface area contributed by atoms with Crippen molar-refractivity contribution in [1.29, 1.82) is 0 Å². The molecule has 148 valence electrons. The normalized spacial score (nSPS) is 15.1. The maximum absolute atomic E-state index is 13.3. The second-order valence-electron chi connectivity index (χ2n) is 8.00. The highest BCUT2D eigenvalue weighted by atomic mass is 16.5.